The Morgan fingerprint density at radius 3 is 2.81 bits per heavy atom. The first-order valence-electron chi connectivity index (χ1n) is 7.89. The van der Waals surface area contributed by atoms with Gasteiger partial charge in [0, 0.05) is 38.4 Å². The van der Waals surface area contributed by atoms with Gasteiger partial charge in [-0.1, -0.05) is 6.92 Å². The van der Waals surface area contributed by atoms with Crippen molar-refractivity contribution in [3.63, 3.8) is 0 Å². The summed E-state index contributed by atoms with van der Waals surface area (Å²) in [7, 11) is 0. The maximum absolute atomic E-state index is 12.7. The van der Waals surface area contributed by atoms with Gasteiger partial charge in [0.05, 0.1) is 11.8 Å². The second kappa shape index (κ2) is 6.20. The van der Waals surface area contributed by atoms with E-state index in [9.17, 15) is 4.79 Å². The van der Waals surface area contributed by atoms with E-state index in [1.165, 1.54) is 0 Å². The van der Waals surface area contributed by atoms with Crippen LogP contribution in [0.1, 0.15) is 36.5 Å². The third kappa shape index (κ3) is 2.85. The summed E-state index contributed by atoms with van der Waals surface area (Å²) < 4.78 is 10.6. The highest BCUT2D eigenvalue weighted by Gasteiger charge is 2.41. The molecule has 0 atom stereocenters. The lowest BCUT2D eigenvalue weighted by molar-refractivity contribution is -0.0307. The number of furan rings is 1. The highest BCUT2D eigenvalue weighted by atomic mass is 16.5. The largest absolute Gasteiger partial charge is 0.472 e. The van der Waals surface area contributed by atoms with Gasteiger partial charge in [0.1, 0.15) is 6.26 Å². The predicted octanol–water partition coefficient (Wildman–Crippen LogP) is 2.00. The van der Waals surface area contributed by atoms with Crippen LogP contribution >= 0.6 is 0 Å². The van der Waals surface area contributed by atoms with E-state index in [1.54, 1.807) is 18.6 Å². The molecule has 5 heteroatoms. The average Bonchev–Trinajstić information content (AvgIpc) is 2.99. The molecule has 1 amide bonds. The number of likely N-dealkylation sites (N-methyl/N-ethyl adjacent to an activating group) is 1. The first kappa shape index (κ1) is 14.6. The quantitative estimate of drug-likeness (QED) is 0.836. The second-order valence-corrected chi connectivity index (χ2v) is 6.01. The number of nitrogens with zero attached hydrogens (tertiary/aromatic N) is 2. The molecule has 21 heavy (non-hydrogen) atoms. The smallest absolute Gasteiger partial charge is 0.257 e. The molecular formula is C16H24N2O3. The van der Waals surface area contributed by atoms with Crippen molar-refractivity contribution in [3.05, 3.63) is 24.2 Å². The molecule has 116 valence electrons. The van der Waals surface area contributed by atoms with E-state index in [1.807, 2.05) is 4.90 Å². The number of hydrogen-bond acceptors (Lipinski definition) is 4. The molecule has 1 spiro atoms. The zero-order valence-corrected chi connectivity index (χ0v) is 12.7. The fourth-order valence-electron chi connectivity index (χ4n) is 3.69. The maximum Gasteiger partial charge on any atom is 0.257 e. The summed E-state index contributed by atoms with van der Waals surface area (Å²) in [6.07, 6.45) is 6.15. The Hall–Kier alpha value is -1.33. The van der Waals surface area contributed by atoms with Gasteiger partial charge in [0.15, 0.2) is 0 Å². The van der Waals surface area contributed by atoms with Crippen molar-refractivity contribution in [2.24, 2.45) is 0 Å². The SMILES string of the molecule is CCN1CCCN(C(=O)c2ccoc2)CC12CCOCC2. The van der Waals surface area contributed by atoms with Crippen LogP contribution in [-0.4, -0.2) is 60.6 Å². The van der Waals surface area contributed by atoms with Gasteiger partial charge in [-0.05, 0) is 31.9 Å². The van der Waals surface area contributed by atoms with Crippen molar-refractivity contribution < 1.29 is 13.9 Å². The lowest BCUT2D eigenvalue weighted by Gasteiger charge is -2.46. The van der Waals surface area contributed by atoms with E-state index in [4.69, 9.17) is 9.15 Å². The van der Waals surface area contributed by atoms with Crippen LogP contribution in [0, 0.1) is 0 Å². The fraction of sp³-hybridized carbons (Fsp3) is 0.688. The lowest BCUT2D eigenvalue weighted by Crippen LogP contribution is -2.57. The van der Waals surface area contributed by atoms with E-state index in [0.717, 1.165) is 58.7 Å². The third-order valence-electron chi connectivity index (χ3n) is 4.87. The Morgan fingerprint density at radius 1 is 1.33 bits per heavy atom. The average molecular weight is 292 g/mol. The van der Waals surface area contributed by atoms with Gasteiger partial charge in [0.25, 0.3) is 5.91 Å². The van der Waals surface area contributed by atoms with Crippen LogP contribution in [0.3, 0.4) is 0 Å². The number of carbonyl (C=O) groups is 1. The number of amides is 1. The van der Waals surface area contributed by atoms with Crippen molar-refractivity contribution in [1.29, 1.82) is 0 Å². The molecule has 1 aromatic rings. The zero-order chi connectivity index (χ0) is 14.7. The number of rotatable bonds is 2. The van der Waals surface area contributed by atoms with Crippen molar-refractivity contribution in [2.45, 2.75) is 31.7 Å². The molecule has 2 aliphatic rings. The van der Waals surface area contributed by atoms with E-state index in [2.05, 4.69) is 11.8 Å². The van der Waals surface area contributed by atoms with Gasteiger partial charge in [-0.2, -0.15) is 0 Å². The summed E-state index contributed by atoms with van der Waals surface area (Å²) in [5.41, 5.74) is 0.741. The first-order valence-corrected chi connectivity index (χ1v) is 7.89. The number of ether oxygens (including phenoxy) is 1. The van der Waals surface area contributed by atoms with Crippen LogP contribution in [0.2, 0.25) is 0 Å². The van der Waals surface area contributed by atoms with Crippen molar-refractivity contribution in [3.8, 4) is 0 Å². The summed E-state index contributed by atoms with van der Waals surface area (Å²) in [5, 5.41) is 0. The Labute approximate surface area is 125 Å². The van der Waals surface area contributed by atoms with Crippen LogP contribution in [0.25, 0.3) is 0 Å². The lowest BCUT2D eigenvalue weighted by atomic mass is 9.87. The monoisotopic (exact) mass is 292 g/mol. The van der Waals surface area contributed by atoms with Gasteiger partial charge < -0.3 is 14.1 Å². The second-order valence-electron chi connectivity index (χ2n) is 6.01. The highest BCUT2D eigenvalue weighted by Crippen LogP contribution is 2.31. The molecule has 2 fully saturated rings. The zero-order valence-electron chi connectivity index (χ0n) is 12.7. The molecular weight excluding hydrogens is 268 g/mol. The van der Waals surface area contributed by atoms with E-state index >= 15 is 0 Å². The van der Waals surface area contributed by atoms with Crippen molar-refractivity contribution in [1.82, 2.24) is 9.80 Å². The van der Waals surface area contributed by atoms with E-state index < -0.39 is 0 Å². The third-order valence-corrected chi connectivity index (χ3v) is 4.87. The fourth-order valence-corrected chi connectivity index (χ4v) is 3.69. The molecule has 0 aromatic carbocycles. The Balaban J connectivity index is 1.82. The van der Waals surface area contributed by atoms with Crippen LogP contribution in [-0.2, 0) is 4.74 Å². The molecule has 0 saturated carbocycles. The Morgan fingerprint density at radius 2 is 2.14 bits per heavy atom. The van der Waals surface area contributed by atoms with Gasteiger partial charge in [-0.3, -0.25) is 9.69 Å². The topological polar surface area (TPSA) is 45.9 Å². The number of carbonyl (C=O) groups excluding carboxylic acids is 1. The standard InChI is InChI=1S/C16H24N2O3/c1-2-18-8-3-7-17(15(19)14-4-9-21-12-14)13-16(18)5-10-20-11-6-16/h4,9,12H,2-3,5-8,10-11,13H2,1H3. The maximum atomic E-state index is 12.7. The van der Waals surface area contributed by atoms with Crippen molar-refractivity contribution >= 4 is 5.91 Å². The molecule has 2 aliphatic heterocycles. The Kier molecular flexibility index (Phi) is 4.31. The molecule has 0 N–H and O–H groups in total. The van der Waals surface area contributed by atoms with Crippen LogP contribution in [0.5, 0.6) is 0 Å². The molecule has 1 aromatic heterocycles. The summed E-state index contributed by atoms with van der Waals surface area (Å²) in [5.74, 6) is 0.0903. The molecule has 5 nitrogen and oxygen atoms in total. The van der Waals surface area contributed by atoms with Gasteiger partial charge in [0.2, 0.25) is 0 Å². The molecule has 0 unspecified atom stereocenters. The minimum absolute atomic E-state index is 0.0862. The number of hydrogen-bond donors (Lipinski definition) is 0. The van der Waals surface area contributed by atoms with E-state index in [0.29, 0.717) is 5.56 Å². The van der Waals surface area contributed by atoms with Crippen LogP contribution in [0.4, 0.5) is 0 Å². The van der Waals surface area contributed by atoms with Crippen LogP contribution < -0.4 is 0 Å². The molecule has 2 saturated heterocycles. The molecule has 0 radical (unpaired) electrons. The van der Waals surface area contributed by atoms with Gasteiger partial charge in [-0.25, -0.2) is 0 Å². The molecule has 0 bridgehead atoms. The summed E-state index contributed by atoms with van der Waals surface area (Å²) >= 11 is 0. The normalized spacial score (nSPS) is 23.2. The Bertz CT molecular complexity index is 466. The van der Waals surface area contributed by atoms with E-state index in [-0.39, 0.29) is 11.4 Å². The summed E-state index contributed by atoms with van der Waals surface area (Å²) in [6.45, 7) is 7.52. The molecule has 3 rings (SSSR count). The van der Waals surface area contributed by atoms with Gasteiger partial charge >= 0.3 is 0 Å². The predicted molar refractivity (Wildman–Crippen MR) is 79.3 cm³/mol. The highest BCUT2D eigenvalue weighted by molar-refractivity contribution is 5.93. The van der Waals surface area contributed by atoms with Gasteiger partial charge in [-0.15, -0.1) is 0 Å². The molecule has 0 aliphatic carbocycles. The van der Waals surface area contributed by atoms with Crippen LogP contribution in [0.15, 0.2) is 23.0 Å². The minimum Gasteiger partial charge on any atom is -0.472 e. The van der Waals surface area contributed by atoms with Crippen molar-refractivity contribution in [2.75, 3.05) is 39.4 Å². The summed E-state index contributed by atoms with van der Waals surface area (Å²) in [6, 6.07) is 1.75. The minimum atomic E-state index is 0.0862. The first-order chi connectivity index (χ1) is 10.2. The molecule has 3 heterocycles. The summed E-state index contributed by atoms with van der Waals surface area (Å²) in [4.78, 5) is 17.2.